The Balaban J connectivity index is 1.59. The summed E-state index contributed by atoms with van der Waals surface area (Å²) in [7, 11) is 1.48. The van der Waals surface area contributed by atoms with Gasteiger partial charge < -0.3 is 9.57 Å². The molecule has 1 N–H and O–H groups in total. The number of nitrogens with zero attached hydrogens (tertiary/aromatic N) is 2. The van der Waals surface area contributed by atoms with Gasteiger partial charge in [-0.3, -0.25) is 4.79 Å². The zero-order valence-electron chi connectivity index (χ0n) is 15.3. The Labute approximate surface area is 171 Å². The number of ether oxygens (including phenoxy) is 1. The maximum atomic E-state index is 12.2. The molecule has 0 atom stereocenters. The van der Waals surface area contributed by atoms with Crippen LogP contribution in [-0.2, 0) is 4.84 Å². The number of para-hydroxylation sites is 1. The summed E-state index contributed by atoms with van der Waals surface area (Å²) in [5.41, 5.74) is 4.18. The predicted octanol–water partition coefficient (Wildman–Crippen LogP) is 5.46. The predicted molar refractivity (Wildman–Crippen MR) is 109 cm³/mol. The third-order valence-corrected chi connectivity index (χ3v) is 4.02. The zero-order valence-corrected chi connectivity index (χ0v) is 16.1. The lowest BCUT2D eigenvalue weighted by Crippen LogP contribution is -2.10. The molecular formula is C21H16ClN3O4. The molecule has 0 radical (unpaired) electrons. The number of azo groups is 1. The van der Waals surface area contributed by atoms with Crippen LogP contribution in [-0.4, -0.2) is 19.0 Å². The van der Waals surface area contributed by atoms with Gasteiger partial charge in [0.1, 0.15) is 5.75 Å². The van der Waals surface area contributed by atoms with Crippen molar-refractivity contribution in [1.29, 1.82) is 0 Å². The molecule has 146 valence electrons. The van der Waals surface area contributed by atoms with Crippen molar-refractivity contribution in [3.8, 4) is 5.75 Å². The van der Waals surface area contributed by atoms with Crippen molar-refractivity contribution < 1.29 is 19.2 Å². The molecular weight excluding hydrogens is 394 g/mol. The highest BCUT2D eigenvalue weighted by atomic mass is 35.5. The molecule has 0 fully saturated rings. The van der Waals surface area contributed by atoms with Crippen LogP contribution >= 0.6 is 11.6 Å². The van der Waals surface area contributed by atoms with E-state index in [2.05, 4.69) is 15.7 Å². The summed E-state index contributed by atoms with van der Waals surface area (Å²) in [6.07, 6.45) is 0. The van der Waals surface area contributed by atoms with E-state index in [1.165, 1.54) is 13.2 Å². The van der Waals surface area contributed by atoms with E-state index in [9.17, 15) is 9.59 Å². The van der Waals surface area contributed by atoms with Gasteiger partial charge in [0.05, 0.1) is 29.6 Å². The normalized spacial score (nSPS) is 10.6. The molecule has 0 aromatic heterocycles. The highest BCUT2D eigenvalue weighted by Crippen LogP contribution is 2.21. The molecule has 0 aliphatic carbocycles. The summed E-state index contributed by atoms with van der Waals surface area (Å²) >= 11 is 5.85. The van der Waals surface area contributed by atoms with Crippen molar-refractivity contribution in [1.82, 2.24) is 0 Å². The maximum absolute atomic E-state index is 12.2. The summed E-state index contributed by atoms with van der Waals surface area (Å²) in [4.78, 5) is 29.2. The highest BCUT2D eigenvalue weighted by Gasteiger charge is 2.11. The number of nitrogens with one attached hydrogen (secondary N) is 1. The van der Waals surface area contributed by atoms with Crippen molar-refractivity contribution in [3.63, 3.8) is 0 Å². The lowest BCUT2D eigenvalue weighted by Gasteiger charge is -2.07. The fourth-order valence-electron chi connectivity index (χ4n) is 2.35. The lowest BCUT2D eigenvalue weighted by atomic mass is 10.2. The van der Waals surface area contributed by atoms with Gasteiger partial charge in [0.15, 0.2) is 0 Å². The Morgan fingerprint density at radius 3 is 2.45 bits per heavy atom. The molecule has 0 aliphatic rings. The average Bonchev–Trinajstić information content (AvgIpc) is 2.76. The molecule has 3 aromatic rings. The molecule has 7 nitrogen and oxygen atoms in total. The number of benzene rings is 3. The Kier molecular flexibility index (Phi) is 6.55. The second-order valence-electron chi connectivity index (χ2n) is 5.75. The van der Waals surface area contributed by atoms with Gasteiger partial charge in [0, 0.05) is 5.02 Å². The largest absolute Gasteiger partial charge is 0.496 e. The molecule has 29 heavy (non-hydrogen) atoms. The molecule has 0 aliphatic heterocycles. The summed E-state index contributed by atoms with van der Waals surface area (Å²) < 4.78 is 5.14. The van der Waals surface area contributed by atoms with E-state index < -0.39 is 11.9 Å². The summed E-state index contributed by atoms with van der Waals surface area (Å²) in [6, 6.07) is 19.7. The van der Waals surface area contributed by atoms with Crippen molar-refractivity contribution in [2.45, 2.75) is 0 Å². The van der Waals surface area contributed by atoms with E-state index in [0.29, 0.717) is 33.3 Å². The van der Waals surface area contributed by atoms with Gasteiger partial charge in [0.2, 0.25) is 0 Å². The monoisotopic (exact) mass is 409 g/mol. The summed E-state index contributed by atoms with van der Waals surface area (Å²) in [5, 5.41) is 8.08. The first-order chi connectivity index (χ1) is 14.1. The third-order valence-electron chi connectivity index (χ3n) is 3.78. The van der Waals surface area contributed by atoms with E-state index in [1.807, 2.05) is 0 Å². The van der Waals surface area contributed by atoms with Crippen LogP contribution in [0, 0.1) is 0 Å². The van der Waals surface area contributed by atoms with Crippen LogP contribution < -0.4 is 10.2 Å². The Hall–Kier alpha value is -3.71. The van der Waals surface area contributed by atoms with Crippen LogP contribution in [0.2, 0.25) is 5.02 Å². The zero-order chi connectivity index (χ0) is 20.6. The Morgan fingerprint density at radius 2 is 1.72 bits per heavy atom. The average molecular weight is 410 g/mol. The van der Waals surface area contributed by atoms with Crippen LogP contribution in [0.3, 0.4) is 0 Å². The van der Waals surface area contributed by atoms with Crippen LogP contribution in [0.25, 0.3) is 0 Å². The quantitative estimate of drug-likeness (QED) is 0.431. The van der Waals surface area contributed by atoms with Crippen LogP contribution in [0.5, 0.6) is 5.75 Å². The topological polar surface area (TPSA) is 89.3 Å². The number of carbonyl (C=O) groups is 2. The molecule has 0 heterocycles. The number of anilines is 1. The molecule has 0 saturated carbocycles. The van der Waals surface area contributed by atoms with E-state index >= 15 is 0 Å². The van der Waals surface area contributed by atoms with Crippen molar-refractivity contribution in [2.75, 3.05) is 12.6 Å². The number of rotatable bonds is 6. The van der Waals surface area contributed by atoms with Gasteiger partial charge in [-0.2, -0.15) is 0 Å². The Morgan fingerprint density at radius 1 is 0.966 bits per heavy atom. The van der Waals surface area contributed by atoms with Gasteiger partial charge in [-0.15, -0.1) is 10.2 Å². The minimum atomic E-state index is -0.571. The molecule has 1 amide bonds. The van der Waals surface area contributed by atoms with Crippen molar-refractivity contribution >= 4 is 34.9 Å². The van der Waals surface area contributed by atoms with Crippen LogP contribution in [0.15, 0.2) is 83.0 Å². The molecule has 0 spiro atoms. The first kappa shape index (κ1) is 20.0. The van der Waals surface area contributed by atoms with Gasteiger partial charge in [-0.25, -0.2) is 10.3 Å². The number of carbonyl (C=O) groups excluding carboxylic acids is 2. The number of methoxy groups -OCH3 is 1. The minimum Gasteiger partial charge on any atom is -0.496 e. The molecule has 3 aromatic carbocycles. The first-order valence-electron chi connectivity index (χ1n) is 8.49. The standard InChI is InChI=1S/C21H16ClN3O4/c1-28-19-8-3-2-7-18(19)20(26)24-23-16-9-11-17(12-10-16)25-29-21(27)14-5-4-6-15(22)13-14/h2-13,25H,1H3. The SMILES string of the molecule is COc1ccccc1C(=O)N=Nc1ccc(NOC(=O)c2cccc(Cl)c2)cc1. The van der Waals surface area contributed by atoms with Gasteiger partial charge in [0.25, 0.3) is 5.91 Å². The van der Waals surface area contributed by atoms with Gasteiger partial charge >= 0.3 is 5.97 Å². The van der Waals surface area contributed by atoms with Crippen molar-refractivity contribution in [2.24, 2.45) is 10.2 Å². The number of halogens is 1. The Bertz CT molecular complexity index is 1050. The first-order valence-corrected chi connectivity index (χ1v) is 8.86. The lowest BCUT2D eigenvalue weighted by molar-refractivity contribution is 0.0596. The maximum Gasteiger partial charge on any atom is 0.362 e. The highest BCUT2D eigenvalue weighted by molar-refractivity contribution is 6.30. The molecule has 0 bridgehead atoms. The van der Waals surface area contributed by atoms with Crippen LogP contribution in [0.1, 0.15) is 20.7 Å². The van der Waals surface area contributed by atoms with Crippen molar-refractivity contribution in [3.05, 3.63) is 88.9 Å². The smallest absolute Gasteiger partial charge is 0.362 e. The second kappa shape index (κ2) is 9.48. The van der Waals surface area contributed by atoms with E-state index in [0.717, 1.165) is 0 Å². The van der Waals surface area contributed by atoms with Crippen LogP contribution in [0.4, 0.5) is 11.4 Å². The van der Waals surface area contributed by atoms with Gasteiger partial charge in [-0.05, 0) is 54.6 Å². The second-order valence-corrected chi connectivity index (χ2v) is 6.19. The number of hydrogen-bond donors (Lipinski definition) is 1. The molecule has 8 heteroatoms. The molecule has 0 unspecified atom stereocenters. The number of amides is 1. The molecule has 3 rings (SSSR count). The fraction of sp³-hybridized carbons (Fsp3) is 0.0476. The summed E-state index contributed by atoms with van der Waals surface area (Å²) in [6.45, 7) is 0. The minimum absolute atomic E-state index is 0.324. The van der Waals surface area contributed by atoms with E-state index in [4.69, 9.17) is 21.2 Å². The third kappa shape index (κ3) is 5.40. The summed E-state index contributed by atoms with van der Waals surface area (Å²) in [5.74, 6) is -0.656. The van der Waals surface area contributed by atoms with E-state index in [-0.39, 0.29) is 0 Å². The number of hydrogen-bond acceptors (Lipinski definition) is 6. The van der Waals surface area contributed by atoms with Gasteiger partial charge in [-0.1, -0.05) is 29.8 Å². The fourth-order valence-corrected chi connectivity index (χ4v) is 2.54. The molecule has 0 saturated heterocycles. The van der Waals surface area contributed by atoms with E-state index in [1.54, 1.807) is 66.7 Å².